The zero-order valence-corrected chi connectivity index (χ0v) is 20.2. The van der Waals surface area contributed by atoms with E-state index in [-0.39, 0.29) is 23.4 Å². The van der Waals surface area contributed by atoms with Gasteiger partial charge in [-0.25, -0.2) is 9.78 Å². The van der Waals surface area contributed by atoms with Crippen LogP contribution in [0.3, 0.4) is 0 Å². The van der Waals surface area contributed by atoms with Crippen LogP contribution in [0, 0.1) is 5.41 Å². The van der Waals surface area contributed by atoms with E-state index in [2.05, 4.69) is 62.2 Å². The average molecular weight is 508 g/mol. The fraction of sp³-hybridized carbons (Fsp3) is 0.591. The molecule has 2 unspecified atom stereocenters. The number of carbonyl (C=O) groups excluding carboxylic acids is 1. The molecule has 9 nitrogen and oxygen atoms in total. The molecule has 4 rings (SSSR count). The summed E-state index contributed by atoms with van der Waals surface area (Å²) in [7, 11) is 0. The number of carboxylic acid groups (broad SMARTS) is 1. The molecule has 0 radical (unpaired) electrons. The Labute approximate surface area is 195 Å². The average Bonchev–Trinajstić information content (AvgIpc) is 3.37. The number of rotatable bonds is 4. The molecule has 2 aromatic heterocycles. The van der Waals surface area contributed by atoms with Crippen LogP contribution in [0.15, 0.2) is 16.9 Å². The van der Waals surface area contributed by atoms with Crippen molar-refractivity contribution in [2.24, 2.45) is 5.41 Å². The molecule has 2 saturated heterocycles. The molecule has 2 aromatic rings. The molecule has 2 fully saturated rings. The van der Waals surface area contributed by atoms with Gasteiger partial charge in [-0.3, -0.25) is 4.79 Å². The quantitative estimate of drug-likeness (QED) is 0.494. The highest BCUT2D eigenvalue weighted by molar-refractivity contribution is 9.10. The predicted molar refractivity (Wildman–Crippen MR) is 126 cm³/mol. The van der Waals surface area contributed by atoms with Crippen LogP contribution in [0.25, 0.3) is 11.0 Å². The second kappa shape index (κ2) is 8.90. The lowest BCUT2D eigenvalue weighted by Gasteiger charge is -2.49. The molecule has 0 aliphatic carbocycles. The molecular weight excluding hydrogens is 478 g/mol. The third-order valence-corrected chi connectivity index (χ3v) is 6.80. The second-order valence-corrected chi connectivity index (χ2v) is 10.4. The lowest BCUT2D eigenvalue weighted by molar-refractivity contribution is -0.124. The summed E-state index contributed by atoms with van der Waals surface area (Å²) in [5.74, 6) is -0.161. The van der Waals surface area contributed by atoms with Gasteiger partial charge < -0.3 is 30.4 Å². The number of pyridine rings is 1. The van der Waals surface area contributed by atoms with Crippen LogP contribution < -0.4 is 15.5 Å². The van der Waals surface area contributed by atoms with Gasteiger partial charge in [-0.2, -0.15) is 0 Å². The van der Waals surface area contributed by atoms with E-state index in [1.165, 1.54) is 0 Å². The molecule has 4 heterocycles. The van der Waals surface area contributed by atoms with E-state index >= 15 is 0 Å². The van der Waals surface area contributed by atoms with Crippen LogP contribution in [0.5, 0.6) is 0 Å². The Morgan fingerprint density at radius 3 is 2.75 bits per heavy atom. The Balaban J connectivity index is 1.78. The fourth-order valence-corrected chi connectivity index (χ4v) is 5.59. The van der Waals surface area contributed by atoms with Crippen molar-refractivity contribution in [1.82, 2.24) is 15.3 Å². The maximum atomic E-state index is 12.8. The Morgan fingerprint density at radius 2 is 2.09 bits per heavy atom. The van der Waals surface area contributed by atoms with Crippen molar-refractivity contribution in [2.45, 2.75) is 64.6 Å². The molecule has 0 bridgehead atoms. The van der Waals surface area contributed by atoms with Gasteiger partial charge in [0.25, 0.3) is 5.91 Å². The molecule has 2 amide bonds. The lowest BCUT2D eigenvalue weighted by atomic mass is 9.77. The van der Waals surface area contributed by atoms with Crippen LogP contribution in [-0.2, 0) is 9.53 Å². The second-order valence-electron chi connectivity index (χ2n) is 9.57. The predicted octanol–water partition coefficient (Wildman–Crippen LogP) is 4.09. The Bertz CT molecular complexity index is 1010. The van der Waals surface area contributed by atoms with Crippen LogP contribution >= 0.6 is 15.9 Å². The first-order chi connectivity index (χ1) is 15.2. The van der Waals surface area contributed by atoms with Gasteiger partial charge in [0, 0.05) is 25.5 Å². The van der Waals surface area contributed by atoms with E-state index < -0.39 is 12.2 Å². The van der Waals surface area contributed by atoms with Crippen LogP contribution in [0.4, 0.5) is 16.2 Å². The van der Waals surface area contributed by atoms with E-state index in [1.807, 2.05) is 0 Å². The van der Waals surface area contributed by atoms with Gasteiger partial charge in [0.05, 0.1) is 33.3 Å². The summed E-state index contributed by atoms with van der Waals surface area (Å²) in [4.78, 5) is 34.2. The standard InChI is InChI=1S/C22H30BrN5O4/c1-22(2,3)18-13(27-21(30)31)6-4-8-28(18)17-12(23)10-24-19-16(17)14(11-25-19)26-20(29)15-7-5-9-32-15/h10-11,13,15,18,27H,4-9H2,1-3H3,(H,24,25)(H,26,29)(H,30,31)/t13-,15?,18?/m1/s1. The number of aromatic amines is 1. The maximum Gasteiger partial charge on any atom is 0.404 e. The highest BCUT2D eigenvalue weighted by Gasteiger charge is 2.42. The number of aromatic nitrogens is 2. The molecule has 2 aliphatic rings. The van der Waals surface area contributed by atoms with Crippen molar-refractivity contribution in [3.63, 3.8) is 0 Å². The van der Waals surface area contributed by atoms with Crippen LogP contribution in [0.2, 0.25) is 0 Å². The van der Waals surface area contributed by atoms with Gasteiger partial charge in [0.15, 0.2) is 0 Å². The number of hydrogen-bond acceptors (Lipinski definition) is 5. The number of anilines is 2. The zero-order valence-electron chi connectivity index (χ0n) is 18.6. The zero-order chi connectivity index (χ0) is 23.0. The summed E-state index contributed by atoms with van der Waals surface area (Å²) in [6.45, 7) is 7.73. The SMILES string of the molecule is CC(C)(C)C1[C@H](NC(=O)O)CCCN1c1c(Br)cnc2[nH]cc(NC(=O)C3CCCO3)c12. The van der Waals surface area contributed by atoms with Gasteiger partial charge >= 0.3 is 6.09 Å². The normalized spacial score (nSPS) is 24.0. The molecule has 0 saturated carbocycles. The number of nitrogens with zero attached hydrogens (tertiary/aromatic N) is 2. The summed E-state index contributed by atoms with van der Waals surface area (Å²) < 4.78 is 6.33. The first kappa shape index (κ1) is 22.8. The molecule has 2 aliphatic heterocycles. The number of hydrogen-bond donors (Lipinski definition) is 4. The monoisotopic (exact) mass is 507 g/mol. The number of fused-ring (bicyclic) bond motifs is 1. The molecule has 10 heteroatoms. The number of halogens is 1. The minimum atomic E-state index is -1.02. The summed E-state index contributed by atoms with van der Waals surface area (Å²) in [6.07, 6.45) is 5.24. The summed E-state index contributed by atoms with van der Waals surface area (Å²) in [5, 5.41) is 16.0. The third kappa shape index (κ3) is 4.43. The van der Waals surface area contributed by atoms with Crippen molar-refractivity contribution in [2.75, 3.05) is 23.4 Å². The molecule has 174 valence electrons. The first-order valence-corrected chi connectivity index (χ1v) is 11.8. The van der Waals surface area contributed by atoms with E-state index in [4.69, 9.17) is 4.74 Å². The van der Waals surface area contributed by atoms with E-state index in [9.17, 15) is 14.7 Å². The number of H-pyrrole nitrogens is 1. The molecule has 32 heavy (non-hydrogen) atoms. The highest BCUT2D eigenvalue weighted by Crippen LogP contribution is 2.43. The Kier molecular flexibility index (Phi) is 6.35. The van der Waals surface area contributed by atoms with Crippen LogP contribution in [0.1, 0.15) is 46.5 Å². The number of carbonyl (C=O) groups is 2. The first-order valence-electron chi connectivity index (χ1n) is 11.0. The van der Waals surface area contributed by atoms with Crippen molar-refractivity contribution >= 4 is 50.3 Å². The largest absolute Gasteiger partial charge is 0.465 e. The van der Waals surface area contributed by atoms with Gasteiger partial charge in [-0.1, -0.05) is 20.8 Å². The third-order valence-electron chi connectivity index (χ3n) is 6.22. The smallest absolute Gasteiger partial charge is 0.404 e. The molecule has 0 aromatic carbocycles. The molecule has 3 atom stereocenters. The van der Waals surface area contributed by atoms with E-state index in [0.717, 1.165) is 41.4 Å². The van der Waals surface area contributed by atoms with Gasteiger partial charge in [-0.05, 0) is 47.0 Å². The molecule has 0 spiro atoms. The minimum absolute atomic E-state index is 0.0918. The van der Waals surface area contributed by atoms with Crippen molar-refractivity contribution in [3.05, 3.63) is 16.9 Å². The number of ether oxygens (including phenoxy) is 1. The lowest BCUT2D eigenvalue weighted by Crippen LogP contribution is -2.60. The number of piperidine rings is 1. The fourth-order valence-electron chi connectivity index (χ4n) is 5.06. The van der Waals surface area contributed by atoms with E-state index in [1.54, 1.807) is 12.4 Å². The molecule has 4 N–H and O–H groups in total. The Hall–Kier alpha value is -2.33. The van der Waals surface area contributed by atoms with Crippen molar-refractivity contribution in [3.8, 4) is 0 Å². The van der Waals surface area contributed by atoms with Gasteiger partial charge in [0.1, 0.15) is 11.8 Å². The maximum absolute atomic E-state index is 12.8. The van der Waals surface area contributed by atoms with Crippen molar-refractivity contribution in [1.29, 1.82) is 0 Å². The number of amides is 2. The van der Waals surface area contributed by atoms with Gasteiger partial charge in [-0.15, -0.1) is 0 Å². The summed E-state index contributed by atoms with van der Waals surface area (Å²) in [6, 6.07) is -0.314. The number of nitrogens with one attached hydrogen (secondary N) is 3. The topological polar surface area (TPSA) is 120 Å². The van der Waals surface area contributed by atoms with E-state index in [0.29, 0.717) is 24.4 Å². The van der Waals surface area contributed by atoms with Gasteiger partial charge in [0.2, 0.25) is 0 Å². The highest BCUT2D eigenvalue weighted by atomic mass is 79.9. The summed E-state index contributed by atoms with van der Waals surface area (Å²) >= 11 is 3.68. The molecular formula is C22H30BrN5O4. The minimum Gasteiger partial charge on any atom is -0.465 e. The van der Waals surface area contributed by atoms with Crippen molar-refractivity contribution < 1.29 is 19.4 Å². The van der Waals surface area contributed by atoms with Crippen LogP contribution in [-0.4, -0.2) is 58.4 Å². The Morgan fingerprint density at radius 1 is 1.31 bits per heavy atom. The summed E-state index contributed by atoms with van der Waals surface area (Å²) in [5.41, 5.74) is 1.99.